The van der Waals surface area contributed by atoms with E-state index in [9.17, 15) is 4.79 Å². The van der Waals surface area contributed by atoms with Gasteiger partial charge in [-0.15, -0.1) is 5.23 Å². The zero-order valence-corrected chi connectivity index (χ0v) is 12.4. The van der Waals surface area contributed by atoms with Crippen molar-refractivity contribution in [1.29, 1.82) is 0 Å². The molecule has 0 unspecified atom stereocenters. The Bertz CT molecular complexity index is 504. The van der Waals surface area contributed by atoms with E-state index in [1.807, 2.05) is 46.8 Å². The highest BCUT2D eigenvalue weighted by Gasteiger charge is 2.50. The largest absolute Gasteiger partial charge is 0.295 e. The number of Topliss-reactive ketones (excluding diaryl/α,β-unsaturated/α-hetero) is 1. The standard InChI is InChI=1S/C15H21NO3/c1-10-7-12(11(2)17)9-13(8-10)16-18-14(3,4)15(5,6)19-16/h7-9H,1-6H3. The van der Waals surface area contributed by atoms with Crippen LogP contribution < -0.4 is 5.23 Å². The Morgan fingerprint density at radius 1 is 1.05 bits per heavy atom. The maximum absolute atomic E-state index is 11.5. The van der Waals surface area contributed by atoms with Crippen molar-refractivity contribution in [2.45, 2.75) is 52.7 Å². The molecule has 4 heteroatoms. The normalized spacial score (nSPS) is 20.6. The van der Waals surface area contributed by atoms with Gasteiger partial charge in [0.2, 0.25) is 0 Å². The molecule has 0 N–H and O–H groups in total. The van der Waals surface area contributed by atoms with Crippen LogP contribution in [0.5, 0.6) is 0 Å². The molecule has 2 rings (SSSR count). The highest BCUT2D eigenvalue weighted by Crippen LogP contribution is 2.40. The van der Waals surface area contributed by atoms with Gasteiger partial charge in [0.15, 0.2) is 5.78 Å². The minimum absolute atomic E-state index is 0.0302. The second kappa shape index (κ2) is 4.32. The number of nitrogens with zero attached hydrogens (tertiary/aromatic N) is 1. The average molecular weight is 263 g/mol. The molecule has 19 heavy (non-hydrogen) atoms. The fourth-order valence-electron chi connectivity index (χ4n) is 1.83. The summed E-state index contributed by atoms with van der Waals surface area (Å²) >= 11 is 0. The summed E-state index contributed by atoms with van der Waals surface area (Å²) in [7, 11) is 0. The molecule has 1 heterocycles. The van der Waals surface area contributed by atoms with E-state index >= 15 is 0 Å². The topological polar surface area (TPSA) is 38.8 Å². The molecule has 0 aliphatic carbocycles. The molecule has 0 bridgehead atoms. The molecule has 1 saturated heterocycles. The summed E-state index contributed by atoms with van der Waals surface area (Å²) in [5.41, 5.74) is 1.52. The van der Waals surface area contributed by atoms with Gasteiger partial charge >= 0.3 is 0 Å². The Balaban J connectivity index is 2.37. The third-order valence-corrected chi connectivity index (χ3v) is 3.75. The summed E-state index contributed by atoms with van der Waals surface area (Å²) in [4.78, 5) is 23.2. The minimum atomic E-state index is -0.437. The number of benzene rings is 1. The molecule has 1 aliphatic heterocycles. The molecule has 0 amide bonds. The monoisotopic (exact) mass is 263 g/mol. The van der Waals surface area contributed by atoms with Crippen LogP contribution in [0, 0.1) is 6.92 Å². The number of aryl methyl sites for hydroxylation is 1. The number of anilines is 1. The first-order chi connectivity index (χ1) is 8.62. The van der Waals surface area contributed by atoms with Crippen LogP contribution in [0.2, 0.25) is 0 Å². The van der Waals surface area contributed by atoms with Crippen molar-refractivity contribution >= 4 is 11.5 Å². The Labute approximate surface area is 114 Å². The number of ketones is 1. The van der Waals surface area contributed by atoms with Gasteiger partial charge in [0.1, 0.15) is 11.2 Å². The molecule has 0 atom stereocenters. The minimum Gasteiger partial charge on any atom is -0.295 e. The number of hydrogen-bond donors (Lipinski definition) is 0. The van der Waals surface area contributed by atoms with Gasteiger partial charge in [0, 0.05) is 5.56 Å². The van der Waals surface area contributed by atoms with Crippen molar-refractivity contribution in [2.75, 3.05) is 5.23 Å². The fourth-order valence-corrected chi connectivity index (χ4v) is 1.83. The molecular formula is C15H21NO3. The van der Waals surface area contributed by atoms with Crippen molar-refractivity contribution in [3.8, 4) is 0 Å². The summed E-state index contributed by atoms with van der Waals surface area (Å²) in [5.74, 6) is 0.0302. The van der Waals surface area contributed by atoms with Gasteiger partial charge < -0.3 is 0 Å². The summed E-state index contributed by atoms with van der Waals surface area (Å²) in [5, 5.41) is 1.42. The molecule has 1 fully saturated rings. The van der Waals surface area contributed by atoms with Crippen LogP contribution in [0.1, 0.15) is 50.5 Å². The van der Waals surface area contributed by atoms with Crippen molar-refractivity contribution in [1.82, 2.24) is 0 Å². The first-order valence-corrected chi connectivity index (χ1v) is 6.43. The van der Waals surface area contributed by atoms with E-state index in [1.54, 1.807) is 13.0 Å². The van der Waals surface area contributed by atoms with E-state index in [2.05, 4.69) is 0 Å². The Kier molecular flexibility index (Phi) is 3.19. The average Bonchev–Trinajstić information content (AvgIpc) is 2.47. The lowest BCUT2D eigenvalue weighted by molar-refractivity contribution is -0.0273. The molecule has 0 aromatic heterocycles. The number of carbonyl (C=O) groups is 1. The maximum Gasteiger partial charge on any atom is 0.159 e. The van der Waals surface area contributed by atoms with Crippen molar-refractivity contribution < 1.29 is 14.5 Å². The van der Waals surface area contributed by atoms with E-state index in [0.29, 0.717) is 5.56 Å². The highest BCUT2D eigenvalue weighted by atomic mass is 17.0. The van der Waals surface area contributed by atoms with Crippen LogP contribution in [0.15, 0.2) is 18.2 Å². The van der Waals surface area contributed by atoms with Gasteiger partial charge in [0.05, 0.1) is 5.69 Å². The van der Waals surface area contributed by atoms with Crippen molar-refractivity contribution in [3.05, 3.63) is 29.3 Å². The van der Waals surface area contributed by atoms with Gasteiger partial charge in [0.25, 0.3) is 0 Å². The summed E-state index contributed by atoms with van der Waals surface area (Å²) in [6, 6.07) is 5.58. The van der Waals surface area contributed by atoms with Crippen LogP contribution >= 0.6 is 0 Å². The molecule has 104 valence electrons. The lowest BCUT2D eigenvalue weighted by atomic mass is 9.90. The van der Waals surface area contributed by atoms with E-state index in [-0.39, 0.29) is 5.78 Å². The number of hydrogen-bond acceptors (Lipinski definition) is 4. The van der Waals surface area contributed by atoms with E-state index in [4.69, 9.17) is 9.68 Å². The Morgan fingerprint density at radius 3 is 2.05 bits per heavy atom. The molecule has 1 aliphatic rings. The van der Waals surface area contributed by atoms with Crippen LogP contribution in [0.4, 0.5) is 5.69 Å². The molecule has 0 spiro atoms. The van der Waals surface area contributed by atoms with Gasteiger partial charge in [-0.05, 0) is 65.3 Å². The first-order valence-electron chi connectivity index (χ1n) is 6.43. The number of rotatable bonds is 2. The van der Waals surface area contributed by atoms with Gasteiger partial charge in [-0.1, -0.05) is 0 Å². The summed E-state index contributed by atoms with van der Waals surface area (Å²) < 4.78 is 0. The molecule has 4 nitrogen and oxygen atoms in total. The zero-order chi connectivity index (χ0) is 14.4. The molecular weight excluding hydrogens is 242 g/mol. The SMILES string of the molecule is CC(=O)c1cc(C)cc(N2OC(C)(C)C(C)(C)O2)c1. The van der Waals surface area contributed by atoms with Crippen LogP contribution in [0.25, 0.3) is 0 Å². The lowest BCUT2D eigenvalue weighted by Crippen LogP contribution is -2.41. The third kappa shape index (κ3) is 2.51. The maximum atomic E-state index is 11.5. The molecule has 1 aromatic carbocycles. The molecule has 0 saturated carbocycles. The van der Waals surface area contributed by atoms with E-state index < -0.39 is 11.2 Å². The van der Waals surface area contributed by atoms with E-state index in [1.165, 1.54) is 5.23 Å². The quantitative estimate of drug-likeness (QED) is 0.766. The van der Waals surface area contributed by atoms with Gasteiger partial charge in [-0.2, -0.15) is 0 Å². The molecule has 1 aromatic rings. The van der Waals surface area contributed by atoms with Crippen LogP contribution in [0.3, 0.4) is 0 Å². The second-order valence-corrected chi connectivity index (χ2v) is 6.07. The summed E-state index contributed by atoms with van der Waals surface area (Å²) in [6.45, 7) is 11.4. The van der Waals surface area contributed by atoms with Crippen molar-refractivity contribution in [2.24, 2.45) is 0 Å². The number of carbonyl (C=O) groups excluding carboxylic acids is 1. The van der Waals surface area contributed by atoms with Crippen molar-refractivity contribution in [3.63, 3.8) is 0 Å². The van der Waals surface area contributed by atoms with E-state index in [0.717, 1.165) is 11.3 Å². The first kappa shape index (κ1) is 14.0. The third-order valence-electron chi connectivity index (χ3n) is 3.75. The fraction of sp³-hybridized carbons (Fsp3) is 0.533. The smallest absolute Gasteiger partial charge is 0.159 e. The Hall–Kier alpha value is -1.39. The van der Waals surface area contributed by atoms with Crippen LogP contribution in [-0.4, -0.2) is 17.0 Å². The van der Waals surface area contributed by atoms with Gasteiger partial charge in [-0.25, -0.2) is 9.68 Å². The second-order valence-electron chi connectivity index (χ2n) is 6.07. The summed E-state index contributed by atoms with van der Waals surface area (Å²) in [6.07, 6.45) is 0. The predicted molar refractivity (Wildman–Crippen MR) is 74.0 cm³/mol. The predicted octanol–water partition coefficient (Wildman–Crippen LogP) is 3.44. The van der Waals surface area contributed by atoms with Crippen LogP contribution in [-0.2, 0) is 9.68 Å². The van der Waals surface area contributed by atoms with Gasteiger partial charge in [-0.3, -0.25) is 4.79 Å². The highest BCUT2D eigenvalue weighted by molar-refractivity contribution is 5.95. The Morgan fingerprint density at radius 2 is 1.58 bits per heavy atom. The lowest BCUT2D eigenvalue weighted by Gasteiger charge is -2.26. The molecule has 0 radical (unpaired) electrons. The zero-order valence-electron chi connectivity index (χ0n) is 12.4.